The minimum absolute atomic E-state index is 0.326. The van der Waals surface area contributed by atoms with Crippen molar-refractivity contribution in [3.63, 3.8) is 0 Å². The van der Waals surface area contributed by atoms with Gasteiger partial charge in [-0.15, -0.1) is 0 Å². The number of carbonyl (C=O) groups is 2. The predicted octanol–water partition coefficient (Wildman–Crippen LogP) is 3.46. The number of carbonyl (C=O) groups excluding carboxylic acids is 2. The Hall–Kier alpha value is -2.82. The number of rotatable bonds is 5. The number of nitrogens with two attached hydrogens (primary N) is 1. The summed E-state index contributed by atoms with van der Waals surface area (Å²) in [7, 11) is 0. The number of aryl methyl sites for hydroxylation is 2. The second-order valence-electron chi connectivity index (χ2n) is 5.72. The lowest BCUT2D eigenvalue weighted by Gasteiger charge is -2.16. The van der Waals surface area contributed by atoms with Crippen molar-refractivity contribution in [1.82, 2.24) is 0 Å². The van der Waals surface area contributed by atoms with Crippen LogP contribution in [0.25, 0.3) is 0 Å². The Morgan fingerprint density at radius 3 is 2.50 bits per heavy atom. The van der Waals surface area contributed by atoms with E-state index in [1.807, 2.05) is 32.0 Å². The van der Waals surface area contributed by atoms with Crippen LogP contribution in [0, 0.1) is 13.8 Å². The average Bonchev–Trinajstić information content (AvgIpc) is 2.55. The van der Waals surface area contributed by atoms with Gasteiger partial charge in [-0.2, -0.15) is 0 Å². The monoisotopic (exact) mass is 326 g/mol. The molecule has 0 bridgehead atoms. The molecule has 2 aromatic rings. The summed E-state index contributed by atoms with van der Waals surface area (Å²) >= 11 is 0. The minimum atomic E-state index is -0.861. The summed E-state index contributed by atoms with van der Waals surface area (Å²) in [6.45, 7) is 5.77. The number of amides is 1. The number of hydrogen-bond donors (Lipinski definition) is 2. The third kappa shape index (κ3) is 4.35. The van der Waals surface area contributed by atoms with Crippen LogP contribution in [0.5, 0.6) is 0 Å². The lowest BCUT2D eigenvalue weighted by atomic mass is 10.1. The molecule has 0 aliphatic heterocycles. The largest absolute Gasteiger partial charge is 0.449 e. The molecule has 1 unspecified atom stereocenters. The van der Waals surface area contributed by atoms with E-state index >= 15 is 0 Å². The first-order chi connectivity index (χ1) is 11.4. The number of benzene rings is 2. The van der Waals surface area contributed by atoms with Crippen LogP contribution in [0.15, 0.2) is 42.5 Å². The molecule has 5 heteroatoms. The molecule has 126 valence electrons. The molecule has 0 aliphatic carbocycles. The number of esters is 1. The fourth-order valence-corrected chi connectivity index (χ4v) is 2.23. The Kier molecular flexibility index (Phi) is 5.58. The van der Waals surface area contributed by atoms with Gasteiger partial charge in [0.1, 0.15) is 0 Å². The summed E-state index contributed by atoms with van der Waals surface area (Å²) in [6, 6.07) is 12.1. The summed E-state index contributed by atoms with van der Waals surface area (Å²) in [5, 5.41) is 2.79. The molecule has 0 aromatic heterocycles. The van der Waals surface area contributed by atoms with Gasteiger partial charge in [0.2, 0.25) is 0 Å². The van der Waals surface area contributed by atoms with Crippen LogP contribution < -0.4 is 11.1 Å². The molecule has 0 radical (unpaired) electrons. The van der Waals surface area contributed by atoms with Crippen molar-refractivity contribution in [1.29, 1.82) is 0 Å². The third-order valence-electron chi connectivity index (χ3n) is 3.81. The highest BCUT2D eigenvalue weighted by molar-refractivity contribution is 5.97. The summed E-state index contributed by atoms with van der Waals surface area (Å²) in [5.41, 5.74) is 9.37. The van der Waals surface area contributed by atoms with E-state index in [0.717, 1.165) is 11.1 Å². The van der Waals surface area contributed by atoms with Crippen LogP contribution in [0.4, 0.5) is 11.4 Å². The Morgan fingerprint density at radius 2 is 1.88 bits per heavy atom. The van der Waals surface area contributed by atoms with Gasteiger partial charge in [-0.05, 0) is 61.7 Å². The van der Waals surface area contributed by atoms with E-state index in [1.54, 1.807) is 25.1 Å². The Bertz CT molecular complexity index is 756. The smallest absolute Gasteiger partial charge is 0.338 e. The summed E-state index contributed by atoms with van der Waals surface area (Å²) in [6.07, 6.45) is -0.481. The van der Waals surface area contributed by atoms with Gasteiger partial charge in [-0.3, -0.25) is 4.79 Å². The molecule has 0 saturated carbocycles. The van der Waals surface area contributed by atoms with E-state index in [0.29, 0.717) is 23.4 Å². The van der Waals surface area contributed by atoms with Crippen molar-refractivity contribution in [2.24, 2.45) is 0 Å². The van der Waals surface area contributed by atoms with E-state index in [4.69, 9.17) is 10.5 Å². The van der Waals surface area contributed by atoms with Gasteiger partial charge >= 0.3 is 5.97 Å². The zero-order chi connectivity index (χ0) is 17.7. The van der Waals surface area contributed by atoms with Crippen LogP contribution in [-0.2, 0) is 9.53 Å². The molecule has 1 amide bonds. The van der Waals surface area contributed by atoms with Crippen molar-refractivity contribution < 1.29 is 14.3 Å². The molecule has 2 rings (SSSR count). The second kappa shape index (κ2) is 7.64. The van der Waals surface area contributed by atoms with Gasteiger partial charge in [0.25, 0.3) is 5.91 Å². The Balaban J connectivity index is 2.05. The molecular formula is C19H22N2O3. The lowest BCUT2D eigenvalue weighted by molar-refractivity contribution is -0.124. The standard InChI is InChI=1S/C19H22N2O3/c1-4-17(24-19(23)14-6-5-7-15(20)11-14)18(22)21-16-9-8-12(2)13(3)10-16/h5-11,17H,4,20H2,1-3H3,(H,21,22). The van der Waals surface area contributed by atoms with Gasteiger partial charge in [0.15, 0.2) is 6.10 Å². The highest BCUT2D eigenvalue weighted by Crippen LogP contribution is 2.16. The number of nitrogens with one attached hydrogen (secondary N) is 1. The van der Waals surface area contributed by atoms with Crippen LogP contribution >= 0.6 is 0 Å². The second-order valence-corrected chi connectivity index (χ2v) is 5.72. The molecule has 2 aromatic carbocycles. The third-order valence-corrected chi connectivity index (χ3v) is 3.81. The molecule has 0 spiro atoms. The molecule has 5 nitrogen and oxygen atoms in total. The first-order valence-electron chi connectivity index (χ1n) is 7.85. The number of nitrogen functional groups attached to an aromatic ring is 1. The topological polar surface area (TPSA) is 81.4 Å². The fourth-order valence-electron chi connectivity index (χ4n) is 2.23. The molecule has 0 aliphatic rings. The van der Waals surface area contributed by atoms with Crippen LogP contribution in [-0.4, -0.2) is 18.0 Å². The minimum Gasteiger partial charge on any atom is -0.449 e. The molecule has 0 heterocycles. The molecule has 1 atom stereocenters. The normalized spacial score (nSPS) is 11.6. The fraction of sp³-hybridized carbons (Fsp3) is 0.263. The SMILES string of the molecule is CCC(OC(=O)c1cccc(N)c1)C(=O)Nc1ccc(C)c(C)c1. The highest BCUT2D eigenvalue weighted by atomic mass is 16.5. The van der Waals surface area contributed by atoms with Gasteiger partial charge in [-0.25, -0.2) is 4.79 Å². The van der Waals surface area contributed by atoms with E-state index in [1.165, 1.54) is 6.07 Å². The first kappa shape index (κ1) is 17.5. The van der Waals surface area contributed by atoms with Crippen molar-refractivity contribution in [2.45, 2.75) is 33.3 Å². The van der Waals surface area contributed by atoms with Gasteiger partial charge in [0, 0.05) is 11.4 Å². The van der Waals surface area contributed by atoms with E-state index in [9.17, 15) is 9.59 Å². The summed E-state index contributed by atoms with van der Waals surface area (Å²) in [5.74, 6) is -0.914. The van der Waals surface area contributed by atoms with Crippen LogP contribution in [0.1, 0.15) is 34.8 Å². The van der Waals surface area contributed by atoms with Crippen molar-refractivity contribution in [3.05, 3.63) is 59.2 Å². The number of anilines is 2. The van der Waals surface area contributed by atoms with Gasteiger partial charge in [0.05, 0.1) is 5.56 Å². The van der Waals surface area contributed by atoms with E-state index in [2.05, 4.69) is 5.32 Å². The highest BCUT2D eigenvalue weighted by Gasteiger charge is 2.22. The quantitative estimate of drug-likeness (QED) is 0.651. The molecule has 0 fully saturated rings. The van der Waals surface area contributed by atoms with Gasteiger partial charge in [-0.1, -0.05) is 19.1 Å². The van der Waals surface area contributed by atoms with E-state index < -0.39 is 12.1 Å². The molecule has 24 heavy (non-hydrogen) atoms. The zero-order valence-corrected chi connectivity index (χ0v) is 14.1. The summed E-state index contributed by atoms with van der Waals surface area (Å²) in [4.78, 5) is 24.5. The maximum Gasteiger partial charge on any atom is 0.338 e. The predicted molar refractivity (Wildman–Crippen MR) is 94.9 cm³/mol. The average molecular weight is 326 g/mol. The zero-order valence-electron chi connectivity index (χ0n) is 14.1. The maximum atomic E-state index is 12.4. The van der Waals surface area contributed by atoms with Gasteiger partial charge < -0.3 is 15.8 Å². The van der Waals surface area contributed by atoms with Crippen molar-refractivity contribution in [3.8, 4) is 0 Å². The summed E-state index contributed by atoms with van der Waals surface area (Å²) < 4.78 is 5.32. The molecule has 0 saturated heterocycles. The number of hydrogen-bond acceptors (Lipinski definition) is 4. The van der Waals surface area contributed by atoms with Crippen LogP contribution in [0.3, 0.4) is 0 Å². The van der Waals surface area contributed by atoms with Crippen molar-refractivity contribution in [2.75, 3.05) is 11.1 Å². The number of ether oxygens (including phenoxy) is 1. The first-order valence-corrected chi connectivity index (χ1v) is 7.85. The lowest BCUT2D eigenvalue weighted by Crippen LogP contribution is -2.32. The van der Waals surface area contributed by atoms with Crippen LogP contribution in [0.2, 0.25) is 0 Å². The Labute approximate surface area is 141 Å². The van der Waals surface area contributed by atoms with E-state index in [-0.39, 0.29) is 5.91 Å². The maximum absolute atomic E-state index is 12.4. The molecule has 3 N–H and O–H groups in total. The Morgan fingerprint density at radius 1 is 1.12 bits per heavy atom. The van der Waals surface area contributed by atoms with Crippen molar-refractivity contribution >= 4 is 23.3 Å². The molecular weight excluding hydrogens is 304 g/mol.